The van der Waals surface area contributed by atoms with Crippen LogP contribution in [0.15, 0.2) is 23.6 Å². The van der Waals surface area contributed by atoms with Crippen molar-refractivity contribution in [2.45, 2.75) is 26.3 Å². The molecule has 6 nitrogen and oxygen atoms in total. The van der Waals surface area contributed by atoms with Crippen molar-refractivity contribution in [2.75, 3.05) is 5.32 Å². The summed E-state index contributed by atoms with van der Waals surface area (Å²) in [6, 6.07) is 5.22. The zero-order chi connectivity index (χ0) is 15.4. The van der Waals surface area contributed by atoms with Crippen LogP contribution in [0.5, 0.6) is 0 Å². The molecule has 0 fully saturated rings. The van der Waals surface area contributed by atoms with E-state index in [1.807, 2.05) is 25.3 Å². The van der Waals surface area contributed by atoms with E-state index in [0.717, 1.165) is 6.42 Å². The summed E-state index contributed by atoms with van der Waals surface area (Å²) in [5.74, 6) is 0.0427. The zero-order valence-corrected chi connectivity index (χ0v) is 13.0. The topological polar surface area (TPSA) is 76.0 Å². The van der Waals surface area contributed by atoms with Gasteiger partial charge in [-0.15, -0.1) is 11.3 Å². The lowest BCUT2D eigenvalue weighted by Gasteiger charge is -2.09. The first kappa shape index (κ1) is 15.2. The van der Waals surface area contributed by atoms with Crippen molar-refractivity contribution in [1.82, 2.24) is 15.1 Å². The number of thiophene rings is 1. The van der Waals surface area contributed by atoms with Crippen molar-refractivity contribution in [3.63, 3.8) is 0 Å². The Morgan fingerprint density at radius 1 is 1.43 bits per heavy atom. The lowest BCUT2D eigenvalue weighted by Crippen LogP contribution is -2.32. The summed E-state index contributed by atoms with van der Waals surface area (Å²) < 4.78 is 1.48. The van der Waals surface area contributed by atoms with E-state index in [-0.39, 0.29) is 17.9 Å². The Bertz CT molecular complexity index is 633. The summed E-state index contributed by atoms with van der Waals surface area (Å²) in [5, 5.41) is 11.6. The first-order chi connectivity index (χ1) is 10.0. The van der Waals surface area contributed by atoms with Crippen LogP contribution >= 0.6 is 11.3 Å². The molecule has 0 aliphatic carbocycles. The quantitative estimate of drug-likeness (QED) is 0.889. The molecule has 2 rings (SSSR count). The van der Waals surface area contributed by atoms with E-state index < -0.39 is 0 Å². The SMILES string of the molecule is CC[C@@H](C)NC(=O)c1cc(NC(=O)c2cccs2)n(C)n1. The van der Waals surface area contributed by atoms with Crippen LogP contribution in [0.1, 0.15) is 40.4 Å². The number of amides is 2. The fourth-order valence-corrected chi connectivity index (χ4v) is 2.30. The average molecular weight is 306 g/mol. The number of anilines is 1. The summed E-state index contributed by atoms with van der Waals surface area (Å²) in [6.45, 7) is 3.93. The van der Waals surface area contributed by atoms with E-state index in [9.17, 15) is 9.59 Å². The Morgan fingerprint density at radius 2 is 2.19 bits per heavy atom. The lowest BCUT2D eigenvalue weighted by atomic mass is 10.2. The summed E-state index contributed by atoms with van der Waals surface area (Å²) in [4.78, 5) is 24.6. The molecule has 7 heteroatoms. The van der Waals surface area contributed by atoms with Gasteiger partial charge in [-0.1, -0.05) is 13.0 Å². The molecule has 0 saturated heterocycles. The second-order valence-electron chi connectivity index (χ2n) is 4.75. The van der Waals surface area contributed by atoms with Crippen LogP contribution in [0.2, 0.25) is 0 Å². The molecule has 0 spiro atoms. The third-order valence-corrected chi connectivity index (χ3v) is 3.96. The molecule has 21 heavy (non-hydrogen) atoms. The van der Waals surface area contributed by atoms with E-state index >= 15 is 0 Å². The summed E-state index contributed by atoms with van der Waals surface area (Å²) in [6.07, 6.45) is 0.848. The Kier molecular flexibility index (Phi) is 4.74. The number of hydrogen-bond acceptors (Lipinski definition) is 4. The predicted octanol–water partition coefficient (Wildman–Crippen LogP) is 2.26. The van der Waals surface area contributed by atoms with Gasteiger partial charge in [0.25, 0.3) is 11.8 Å². The first-order valence-electron chi connectivity index (χ1n) is 6.71. The predicted molar refractivity (Wildman–Crippen MR) is 82.7 cm³/mol. The standard InChI is InChI=1S/C14H18N4O2S/c1-4-9(2)15-13(19)10-8-12(18(3)17-10)16-14(20)11-6-5-7-21-11/h5-9H,4H2,1-3H3,(H,15,19)(H,16,20)/t9-/m1/s1. The minimum absolute atomic E-state index is 0.0867. The largest absolute Gasteiger partial charge is 0.348 e. The van der Waals surface area contributed by atoms with Gasteiger partial charge in [0, 0.05) is 19.2 Å². The molecular weight excluding hydrogens is 288 g/mol. The van der Waals surface area contributed by atoms with Crippen LogP contribution in [-0.4, -0.2) is 27.6 Å². The average Bonchev–Trinajstić information content (AvgIpc) is 3.09. The zero-order valence-electron chi connectivity index (χ0n) is 12.2. The highest BCUT2D eigenvalue weighted by Gasteiger charge is 2.16. The van der Waals surface area contributed by atoms with Gasteiger partial charge in [-0.25, -0.2) is 0 Å². The maximum absolute atomic E-state index is 12.0. The van der Waals surface area contributed by atoms with Crippen molar-refractivity contribution in [3.8, 4) is 0 Å². The van der Waals surface area contributed by atoms with Gasteiger partial charge in [0.05, 0.1) is 4.88 Å². The van der Waals surface area contributed by atoms with Crippen molar-refractivity contribution in [2.24, 2.45) is 7.05 Å². The maximum Gasteiger partial charge on any atom is 0.272 e. The minimum atomic E-state index is -0.239. The first-order valence-corrected chi connectivity index (χ1v) is 7.59. The Morgan fingerprint density at radius 3 is 2.81 bits per heavy atom. The summed E-state index contributed by atoms with van der Waals surface area (Å²) in [5.41, 5.74) is 0.291. The number of hydrogen-bond donors (Lipinski definition) is 2. The molecule has 2 amide bonds. The second kappa shape index (κ2) is 6.53. The lowest BCUT2D eigenvalue weighted by molar-refractivity contribution is 0.0932. The van der Waals surface area contributed by atoms with Crippen LogP contribution in [0.3, 0.4) is 0 Å². The third kappa shape index (κ3) is 3.69. The van der Waals surface area contributed by atoms with Crippen LogP contribution < -0.4 is 10.6 Å². The van der Waals surface area contributed by atoms with Crippen LogP contribution in [0.25, 0.3) is 0 Å². The molecule has 2 N–H and O–H groups in total. The molecule has 112 valence electrons. The van der Waals surface area contributed by atoms with Crippen LogP contribution in [0, 0.1) is 0 Å². The minimum Gasteiger partial charge on any atom is -0.348 e. The smallest absolute Gasteiger partial charge is 0.272 e. The number of nitrogens with zero attached hydrogens (tertiary/aromatic N) is 2. The van der Waals surface area contributed by atoms with Gasteiger partial charge in [-0.05, 0) is 24.8 Å². The van der Waals surface area contributed by atoms with Crippen LogP contribution in [-0.2, 0) is 7.05 Å². The van der Waals surface area contributed by atoms with Gasteiger partial charge in [-0.3, -0.25) is 14.3 Å². The van der Waals surface area contributed by atoms with E-state index in [1.165, 1.54) is 16.0 Å². The molecule has 1 atom stereocenters. The summed E-state index contributed by atoms with van der Waals surface area (Å²) >= 11 is 1.36. The fourth-order valence-electron chi connectivity index (χ4n) is 1.68. The molecule has 0 radical (unpaired) electrons. The molecule has 0 aromatic carbocycles. The van der Waals surface area contributed by atoms with Gasteiger partial charge in [0.15, 0.2) is 5.69 Å². The van der Waals surface area contributed by atoms with Gasteiger partial charge in [0.1, 0.15) is 5.82 Å². The highest BCUT2D eigenvalue weighted by molar-refractivity contribution is 7.12. The maximum atomic E-state index is 12.0. The van der Waals surface area contributed by atoms with Gasteiger partial charge in [0.2, 0.25) is 0 Å². The number of nitrogens with one attached hydrogen (secondary N) is 2. The Hall–Kier alpha value is -2.15. The van der Waals surface area contributed by atoms with Crippen molar-refractivity contribution < 1.29 is 9.59 Å². The second-order valence-corrected chi connectivity index (χ2v) is 5.70. The summed E-state index contributed by atoms with van der Waals surface area (Å²) in [7, 11) is 1.68. The van der Waals surface area contributed by atoms with Gasteiger partial charge < -0.3 is 10.6 Å². The normalized spacial score (nSPS) is 12.0. The van der Waals surface area contributed by atoms with E-state index in [0.29, 0.717) is 16.4 Å². The Balaban J connectivity index is 2.09. The third-order valence-electron chi connectivity index (χ3n) is 3.09. The van der Waals surface area contributed by atoms with E-state index in [1.54, 1.807) is 19.2 Å². The molecule has 2 aromatic heterocycles. The highest BCUT2D eigenvalue weighted by Crippen LogP contribution is 2.14. The molecule has 2 aromatic rings. The molecular formula is C14H18N4O2S. The monoisotopic (exact) mass is 306 g/mol. The van der Waals surface area contributed by atoms with Crippen LogP contribution in [0.4, 0.5) is 5.82 Å². The molecule has 0 bridgehead atoms. The number of aryl methyl sites for hydroxylation is 1. The molecule has 0 saturated carbocycles. The molecule has 0 unspecified atom stereocenters. The number of rotatable bonds is 5. The van der Waals surface area contributed by atoms with Crippen molar-refractivity contribution in [1.29, 1.82) is 0 Å². The molecule has 0 aliphatic heterocycles. The molecule has 0 aliphatic rings. The number of aromatic nitrogens is 2. The highest BCUT2D eigenvalue weighted by atomic mass is 32.1. The number of carbonyl (C=O) groups is 2. The Labute approximate surface area is 127 Å². The molecule has 2 heterocycles. The van der Waals surface area contributed by atoms with Crippen molar-refractivity contribution >= 4 is 29.0 Å². The van der Waals surface area contributed by atoms with Crippen molar-refractivity contribution in [3.05, 3.63) is 34.2 Å². The fraction of sp³-hybridized carbons (Fsp3) is 0.357. The van der Waals surface area contributed by atoms with E-state index in [2.05, 4.69) is 15.7 Å². The number of carbonyl (C=O) groups excluding carboxylic acids is 2. The van der Waals surface area contributed by atoms with Gasteiger partial charge >= 0.3 is 0 Å². The van der Waals surface area contributed by atoms with Gasteiger partial charge in [-0.2, -0.15) is 5.10 Å². The van der Waals surface area contributed by atoms with E-state index in [4.69, 9.17) is 0 Å².